The van der Waals surface area contributed by atoms with Crippen molar-refractivity contribution in [3.8, 4) is 11.4 Å². The topological polar surface area (TPSA) is 71.7 Å². The number of hydrogen-bond donors (Lipinski definition) is 2. The van der Waals surface area contributed by atoms with Crippen LogP contribution in [0.3, 0.4) is 0 Å². The van der Waals surface area contributed by atoms with Gasteiger partial charge < -0.3 is 19.5 Å². The van der Waals surface area contributed by atoms with Gasteiger partial charge in [-0.25, -0.2) is 4.39 Å². The maximum Gasteiger partial charge on any atom is 0.418 e. The zero-order valence-corrected chi connectivity index (χ0v) is 16.5. The largest absolute Gasteiger partial charge is 0.484 e. The Labute approximate surface area is 179 Å². The molecule has 3 aromatic rings. The van der Waals surface area contributed by atoms with E-state index in [1.54, 1.807) is 0 Å². The minimum atomic E-state index is -4.71. The second-order valence-electron chi connectivity index (χ2n) is 6.90. The predicted octanol–water partition coefficient (Wildman–Crippen LogP) is 4.86. The van der Waals surface area contributed by atoms with E-state index in [9.17, 15) is 26.7 Å². The molecule has 1 aromatic heterocycles. The molecular weight excluding hydrogens is 437 g/mol. The zero-order valence-electron chi connectivity index (χ0n) is 16.5. The molecule has 0 atom stereocenters. The van der Waals surface area contributed by atoms with Crippen molar-refractivity contribution in [1.29, 1.82) is 0 Å². The number of hydrogen-bond acceptors (Lipinski definition) is 3. The number of halogens is 5. The van der Waals surface area contributed by atoms with Crippen LogP contribution in [0, 0.1) is 11.6 Å². The molecule has 2 N–H and O–H groups in total. The fraction of sp³-hybridized carbons (Fsp3) is 0.227. The lowest BCUT2D eigenvalue weighted by Crippen LogP contribution is -2.13. The second-order valence-corrected chi connectivity index (χ2v) is 6.90. The molecule has 0 aliphatic rings. The van der Waals surface area contributed by atoms with E-state index in [1.807, 2.05) is 0 Å². The second kappa shape index (κ2) is 9.39. The van der Waals surface area contributed by atoms with E-state index < -0.39 is 48.1 Å². The Kier molecular flexibility index (Phi) is 6.83. The number of aliphatic carboxylic acids is 1. The Hall–Kier alpha value is -3.40. The Balaban J connectivity index is 1.90. The maximum absolute atomic E-state index is 14.4. The first-order valence-electron chi connectivity index (χ1n) is 9.41. The highest BCUT2D eigenvalue weighted by atomic mass is 19.4. The number of aromatic nitrogens is 1. The number of carboxylic acids is 1. The number of benzene rings is 2. The smallest absolute Gasteiger partial charge is 0.418 e. The van der Waals surface area contributed by atoms with Crippen molar-refractivity contribution in [3.05, 3.63) is 82.7 Å². The summed E-state index contributed by atoms with van der Waals surface area (Å²) in [6.07, 6.45) is -4.18. The van der Waals surface area contributed by atoms with Crippen molar-refractivity contribution < 1.29 is 41.7 Å². The lowest BCUT2D eigenvalue weighted by Gasteiger charge is -2.15. The molecule has 0 saturated carbocycles. The van der Waals surface area contributed by atoms with Crippen molar-refractivity contribution in [2.75, 3.05) is 0 Å². The van der Waals surface area contributed by atoms with Gasteiger partial charge in [0, 0.05) is 18.3 Å². The van der Waals surface area contributed by atoms with Crippen LogP contribution < -0.4 is 4.74 Å². The van der Waals surface area contributed by atoms with Crippen LogP contribution in [-0.4, -0.2) is 20.7 Å². The maximum atomic E-state index is 14.4. The van der Waals surface area contributed by atoms with Crippen LogP contribution in [0.2, 0.25) is 0 Å². The number of carboxylic acid groups (broad SMARTS) is 1. The van der Waals surface area contributed by atoms with Crippen LogP contribution in [0.25, 0.3) is 5.69 Å². The first-order chi connectivity index (χ1) is 15.1. The van der Waals surface area contributed by atoms with Gasteiger partial charge >= 0.3 is 12.1 Å². The summed E-state index contributed by atoms with van der Waals surface area (Å²) >= 11 is 0. The van der Waals surface area contributed by atoms with Crippen LogP contribution in [-0.2, 0) is 30.6 Å². The average molecular weight is 455 g/mol. The third-order valence-corrected chi connectivity index (χ3v) is 4.79. The van der Waals surface area contributed by atoms with Gasteiger partial charge in [-0.2, -0.15) is 17.6 Å². The summed E-state index contributed by atoms with van der Waals surface area (Å²) < 4.78 is 75.4. The number of rotatable bonds is 8. The van der Waals surface area contributed by atoms with Crippen LogP contribution >= 0.6 is 0 Å². The van der Waals surface area contributed by atoms with Crippen molar-refractivity contribution in [3.63, 3.8) is 0 Å². The highest BCUT2D eigenvalue weighted by molar-refractivity contribution is 5.67. The molecule has 0 spiro atoms. The van der Waals surface area contributed by atoms with Crippen molar-refractivity contribution in [2.45, 2.75) is 32.2 Å². The molecular formula is C22H18F5NO4. The molecule has 0 fully saturated rings. The summed E-state index contributed by atoms with van der Waals surface area (Å²) in [6.45, 7) is -0.947. The molecule has 0 bridgehead atoms. The first kappa shape index (κ1) is 23.3. The van der Waals surface area contributed by atoms with Gasteiger partial charge in [0.15, 0.2) is 11.6 Å². The molecule has 10 heteroatoms. The highest BCUT2D eigenvalue weighted by Crippen LogP contribution is 2.35. The summed E-state index contributed by atoms with van der Waals surface area (Å²) in [7, 11) is 0. The average Bonchev–Trinajstić information content (AvgIpc) is 3.18. The Morgan fingerprint density at radius 2 is 1.69 bits per heavy atom. The van der Waals surface area contributed by atoms with E-state index in [-0.39, 0.29) is 24.3 Å². The van der Waals surface area contributed by atoms with Gasteiger partial charge in [-0.1, -0.05) is 18.2 Å². The summed E-state index contributed by atoms with van der Waals surface area (Å²) in [5, 5.41) is 17.8. The van der Waals surface area contributed by atoms with E-state index in [2.05, 4.69) is 0 Å². The van der Waals surface area contributed by atoms with Crippen LogP contribution in [0.5, 0.6) is 5.75 Å². The van der Waals surface area contributed by atoms with Gasteiger partial charge in [0.25, 0.3) is 0 Å². The molecule has 32 heavy (non-hydrogen) atoms. The normalized spacial score (nSPS) is 11.6. The fourth-order valence-corrected chi connectivity index (χ4v) is 3.14. The van der Waals surface area contributed by atoms with E-state index in [4.69, 9.17) is 14.9 Å². The molecule has 0 aliphatic heterocycles. The number of aliphatic hydroxyl groups excluding tert-OH is 1. The van der Waals surface area contributed by atoms with Gasteiger partial charge in [-0.15, -0.1) is 0 Å². The third kappa shape index (κ3) is 5.08. The Morgan fingerprint density at radius 3 is 2.28 bits per heavy atom. The van der Waals surface area contributed by atoms with Gasteiger partial charge in [-0.3, -0.25) is 4.79 Å². The van der Waals surface area contributed by atoms with Crippen LogP contribution in [0.15, 0.2) is 48.7 Å². The minimum absolute atomic E-state index is 0.180. The SMILES string of the molecule is O=C(O)CCc1ccc(OCc2c(C(F)(F)F)ccn2-c2ccc(CO)cc2)c(F)c1F. The third-order valence-electron chi connectivity index (χ3n) is 4.79. The van der Waals surface area contributed by atoms with E-state index in [0.29, 0.717) is 11.3 Å². The number of nitrogens with zero attached hydrogens (tertiary/aromatic N) is 1. The van der Waals surface area contributed by atoms with Crippen molar-refractivity contribution in [2.24, 2.45) is 0 Å². The fourth-order valence-electron chi connectivity index (χ4n) is 3.14. The van der Waals surface area contributed by atoms with Gasteiger partial charge in [0.2, 0.25) is 5.82 Å². The molecule has 0 amide bonds. The number of aliphatic hydroxyl groups is 1. The standard InChI is InChI=1S/C22H18F5NO4/c23-20-14(4-8-19(30)31)3-7-18(21(20)24)32-12-17-16(22(25,26)27)9-10-28(17)15-5-1-13(11-29)2-6-15/h1-3,5-7,9-10,29H,4,8,11-12H2,(H,30,31). The minimum Gasteiger partial charge on any atom is -0.484 e. The molecule has 2 aromatic carbocycles. The van der Waals surface area contributed by atoms with Crippen LogP contribution in [0.1, 0.15) is 28.8 Å². The van der Waals surface area contributed by atoms with E-state index >= 15 is 0 Å². The quantitative estimate of drug-likeness (QED) is 0.476. The summed E-state index contributed by atoms with van der Waals surface area (Å²) in [4.78, 5) is 10.6. The molecule has 5 nitrogen and oxygen atoms in total. The molecule has 1 heterocycles. The highest BCUT2D eigenvalue weighted by Gasteiger charge is 2.35. The summed E-state index contributed by atoms with van der Waals surface area (Å²) in [5.74, 6) is -4.50. The molecule has 170 valence electrons. The molecule has 0 aliphatic carbocycles. The lowest BCUT2D eigenvalue weighted by molar-refractivity contribution is -0.139. The zero-order chi connectivity index (χ0) is 23.5. The van der Waals surface area contributed by atoms with Gasteiger partial charge in [0.05, 0.1) is 17.9 Å². The van der Waals surface area contributed by atoms with E-state index in [0.717, 1.165) is 18.2 Å². The van der Waals surface area contributed by atoms with E-state index in [1.165, 1.54) is 35.0 Å². The molecule has 0 unspecified atom stereocenters. The monoisotopic (exact) mass is 455 g/mol. The van der Waals surface area contributed by atoms with Crippen molar-refractivity contribution >= 4 is 5.97 Å². The van der Waals surface area contributed by atoms with Gasteiger partial charge in [0.1, 0.15) is 6.61 Å². The first-order valence-corrected chi connectivity index (χ1v) is 9.41. The van der Waals surface area contributed by atoms with Gasteiger partial charge in [-0.05, 0) is 41.8 Å². The summed E-state index contributed by atoms with van der Waals surface area (Å²) in [6, 6.07) is 9.13. The molecule has 0 radical (unpaired) electrons. The molecule has 0 saturated heterocycles. The molecule has 3 rings (SSSR count). The van der Waals surface area contributed by atoms with Crippen molar-refractivity contribution in [1.82, 2.24) is 4.57 Å². The number of carbonyl (C=O) groups is 1. The van der Waals surface area contributed by atoms with Crippen LogP contribution in [0.4, 0.5) is 22.0 Å². The number of aryl methyl sites for hydroxylation is 1. The Morgan fingerprint density at radius 1 is 1.00 bits per heavy atom. The summed E-state index contributed by atoms with van der Waals surface area (Å²) in [5.41, 5.74) is -0.588. The lowest BCUT2D eigenvalue weighted by atomic mass is 10.1. The number of ether oxygens (including phenoxy) is 1. The number of alkyl halides is 3. The predicted molar refractivity (Wildman–Crippen MR) is 103 cm³/mol. The Bertz CT molecular complexity index is 1110.